The second-order valence-electron chi connectivity index (χ2n) is 2.59. The van der Waals surface area contributed by atoms with E-state index in [-0.39, 0.29) is 6.61 Å². The Balaban J connectivity index is 3.25. The molecule has 2 N–H and O–H groups in total. The molecule has 11 heavy (non-hydrogen) atoms. The zero-order valence-electron chi connectivity index (χ0n) is 6.72. The van der Waals surface area contributed by atoms with Crippen molar-refractivity contribution in [1.29, 1.82) is 0 Å². The zero-order chi connectivity index (χ0) is 8.43. The maximum atomic E-state index is 10.6. The Bertz CT molecular complexity index is 248. The topological polar surface area (TPSA) is 58.8 Å². The quantitative estimate of drug-likeness (QED) is 0.655. The van der Waals surface area contributed by atoms with Crippen molar-refractivity contribution in [3.63, 3.8) is 0 Å². The van der Waals surface area contributed by atoms with Crippen LogP contribution >= 0.6 is 0 Å². The lowest BCUT2D eigenvalue weighted by atomic mass is 10.1. The summed E-state index contributed by atoms with van der Waals surface area (Å²) in [5, 5.41) is 10.6. The lowest BCUT2D eigenvalue weighted by molar-refractivity contribution is 0.177. The van der Waals surface area contributed by atoms with Gasteiger partial charge in [-0.2, -0.15) is 0 Å². The summed E-state index contributed by atoms with van der Waals surface area (Å²) in [6, 6.07) is 1.86. The van der Waals surface area contributed by atoms with Crippen molar-refractivity contribution >= 4 is 5.82 Å². The fraction of sp³-hybridized carbons (Fsp3) is 0.375. The minimum atomic E-state index is -0.287. The molecule has 0 saturated heterocycles. The summed E-state index contributed by atoms with van der Waals surface area (Å²) in [7, 11) is 0. The van der Waals surface area contributed by atoms with Crippen molar-refractivity contribution in [2.75, 3.05) is 5.73 Å². The van der Waals surface area contributed by atoms with Crippen LogP contribution in [0.3, 0.4) is 0 Å². The Morgan fingerprint density at radius 1 is 1.55 bits per heavy atom. The van der Waals surface area contributed by atoms with Gasteiger partial charge in [0.25, 0.3) is 0 Å². The normalized spacial score (nSPS) is 10.1. The van der Waals surface area contributed by atoms with Crippen LogP contribution in [0.4, 0.5) is 5.82 Å². The molecule has 0 aliphatic carbocycles. The number of hydrogen-bond acceptors (Lipinski definition) is 2. The van der Waals surface area contributed by atoms with Gasteiger partial charge in [0.1, 0.15) is 12.4 Å². The molecule has 1 rings (SSSR count). The van der Waals surface area contributed by atoms with E-state index in [1.165, 1.54) is 0 Å². The average Bonchev–Trinajstić information content (AvgIpc) is 1.85. The highest BCUT2D eigenvalue weighted by Gasteiger charge is 2.03. The second-order valence-corrected chi connectivity index (χ2v) is 2.59. The van der Waals surface area contributed by atoms with E-state index in [1.807, 2.05) is 19.9 Å². The molecular formula is C8H11N2O. The summed E-state index contributed by atoms with van der Waals surface area (Å²) in [4.78, 5) is 3.98. The van der Waals surface area contributed by atoms with Crippen molar-refractivity contribution in [2.24, 2.45) is 0 Å². The summed E-state index contributed by atoms with van der Waals surface area (Å²) in [5.74, 6) is 0.373. The Morgan fingerprint density at radius 2 is 2.18 bits per heavy atom. The van der Waals surface area contributed by atoms with E-state index in [0.717, 1.165) is 11.3 Å². The number of nitrogens with zero attached hydrogens (tertiary/aromatic N) is 1. The third-order valence-corrected chi connectivity index (χ3v) is 1.65. The van der Waals surface area contributed by atoms with Crippen molar-refractivity contribution < 1.29 is 5.11 Å². The van der Waals surface area contributed by atoms with Crippen LogP contribution in [0.2, 0.25) is 0 Å². The van der Waals surface area contributed by atoms with Crippen molar-refractivity contribution in [3.05, 3.63) is 22.9 Å². The Labute approximate surface area is 65.9 Å². The van der Waals surface area contributed by atoms with Gasteiger partial charge in [0.2, 0.25) is 0 Å². The SMILES string of the molecule is Cc1cc(C)c(C[O])c(N)n1. The van der Waals surface area contributed by atoms with Gasteiger partial charge in [0.05, 0.1) is 0 Å². The summed E-state index contributed by atoms with van der Waals surface area (Å²) in [5.41, 5.74) is 7.94. The molecule has 0 amide bonds. The first-order valence-corrected chi connectivity index (χ1v) is 3.46. The molecule has 0 aliphatic rings. The van der Waals surface area contributed by atoms with E-state index in [2.05, 4.69) is 4.98 Å². The van der Waals surface area contributed by atoms with E-state index in [4.69, 9.17) is 5.73 Å². The molecule has 1 heterocycles. The fourth-order valence-electron chi connectivity index (χ4n) is 1.08. The third-order valence-electron chi connectivity index (χ3n) is 1.65. The first-order valence-electron chi connectivity index (χ1n) is 3.46. The summed E-state index contributed by atoms with van der Waals surface area (Å²) in [6.45, 7) is 3.45. The molecule has 0 aliphatic heterocycles. The minimum Gasteiger partial charge on any atom is -0.383 e. The largest absolute Gasteiger partial charge is 0.383 e. The molecule has 0 saturated carbocycles. The van der Waals surface area contributed by atoms with Gasteiger partial charge in [-0.15, -0.1) is 0 Å². The van der Waals surface area contributed by atoms with Crippen LogP contribution in [0.5, 0.6) is 0 Å². The van der Waals surface area contributed by atoms with Crippen LogP contribution in [-0.4, -0.2) is 4.98 Å². The van der Waals surface area contributed by atoms with E-state index in [0.29, 0.717) is 11.4 Å². The highest BCUT2D eigenvalue weighted by molar-refractivity contribution is 5.44. The van der Waals surface area contributed by atoms with Gasteiger partial charge in [-0.3, -0.25) is 0 Å². The molecule has 1 aromatic rings. The van der Waals surface area contributed by atoms with Gasteiger partial charge < -0.3 is 5.73 Å². The van der Waals surface area contributed by atoms with Crippen LogP contribution in [0, 0.1) is 13.8 Å². The maximum absolute atomic E-state index is 10.6. The molecule has 0 aromatic carbocycles. The molecule has 0 spiro atoms. The number of rotatable bonds is 1. The smallest absolute Gasteiger partial charge is 0.129 e. The van der Waals surface area contributed by atoms with E-state index in [1.54, 1.807) is 0 Å². The lowest BCUT2D eigenvalue weighted by Crippen LogP contribution is -2.01. The molecule has 0 bridgehead atoms. The second kappa shape index (κ2) is 2.88. The Hall–Kier alpha value is -1.09. The molecule has 1 aromatic heterocycles. The molecule has 3 heteroatoms. The predicted octanol–water partition coefficient (Wildman–Crippen LogP) is 1.21. The van der Waals surface area contributed by atoms with Gasteiger partial charge in [0, 0.05) is 11.3 Å². The Kier molecular flexibility index (Phi) is 2.10. The number of anilines is 1. The summed E-state index contributed by atoms with van der Waals surface area (Å²) in [6.07, 6.45) is 0. The van der Waals surface area contributed by atoms with E-state index in [9.17, 15) is 5.11 Å². The van der Waals surface area contributed by atoms with Gasteiger partial charge >= 0.3 is 0 Å². The number of aromatic nitrogens is 1. The molecule has 0 fully saturated rings. The molecule has 3 nitrogen and oxygen atoms in total. The lowest BCUT2D eigenvalue weighted by Gasteiger charge is -2.05. The third kappa shape index (κ3) is 1.49. The van der Waals surface area contributed by atoms with Crippen LogP contribution < -0.4 is 5.73 Å². The number of hydrogen-bond donors (Lipinski definition) is 1. The first kappa shape index (κ1) is 8.01. The monoisotopic (exact) mass is 151 g/mol. The fourth-order valence-corrected chi connectivity index (χ4v) is 1.08. The molecular weight excluding hydrogens is 140 g/mol. The van der Waals surface area contributed by atoms with E-state index < -0.39 is 0 Å². The number of nitrogens with two attached hydrogens (primary N) is 1. The van der Waals surface area contributed by atoms with Gasteiger partial charge in [-0.05, 0) is 25.5 Å². The molecule has 0 unspecified atom stereocenters. The zero-order valence-corrected chi connectivity index (χ0v) is 6.72. The first-order chi connectivity index (χ1) is 5.15. The molecule has 1 radical (unpaired) electrons. The highest BCUT2D eigenvalue weighted by Crippen LogP contribution is 2.14. The van der Waals surface area contributed by atoms with Crippen LogP contribution in [0.1, 0.15) is 16.8 Å². The standard InChI is InChI=1S/C8H11N2O/c1-5-3-6(2)10-8(9)7(5)4-11/h3H,4H2,1-2H3,(H2,9,10). The van der Waals surface area contributed by atoms with E-state index >= 15 is 0 Å². The van der Waals surface area contributed by atoms with Crippen LogP contribution in [0.15, 0.2) is 6.07 Å². The Morgan fingerprint density at radius 3 is 2.64 bits per heavy atom. The van der Waals surface area contributed by atoms with Crippen LogP contribution in [-0.2, 0) is 11.7 Å². The summed E-state index contributed by atoms with van der Waals surface area (Å²) < 4.78 is 0. The van der Waals surface area contributed by atoms with Crippen molar-refractivity contribution in [2.45, 2.75) is 20.5 Å². The average molecular weight is 151 g/mol. The van der Waals surface area contributed by atoms with Gasteiger partial charge in [0.15, 0.2) is 0 Å². The van der Waals surface area contributed by atoms with Gasteiger partial charge in [-0.25, -0.2) is 10.1 Å². The number of nitrogen functional groups attached to an aromatic ring is 1. The minimum absolute atomic E-state index is 0.287. The van der Waals surface area contributed by atoms with Crippen LogP contribution in [0.25, 0.3) is 0 Å². The highest BCUT2D eigenvalue weighted by atomic mass is 16.3. The molecule has 0 atom stereocenters. The maximum Gasteiger partial charge on any atom is 0.129 e. The summed E-state index contributed by atoms with van der Waals surface area (Å²) >= 11 is 0. The van der Waals surface area contributed by atoms with Crippen molar-refractivity contribution in [3.8, 4) is 0 Å². The predicted molar refractivity (Wildman–Crippen MR) is 42.5 cm³/mol. The number of pyridine rings is 1. The molecule has 59 valence electrons. The van der Waals surface area contributed by atoms with Gasteiger partial charge in [-0.1, -0.05) is 0 Å². The van der Waals surface area contributed by atoms with Crippen molar-refractivity contribution in [1.82, 2.24) is 4.98 Å². The number of aryl methyl sites for hydroxylation is 2.